The predicted octanol–water partition coefficient (Wildman–Crippen LogP) is 0.640. The highest BCUT2D eigenvalue weighted by atomic mass is 16.2. The molecule has 0 aliphatic rings. The van der Waals surface area contributed by atoms with Gasteiger partial charge in [-0.05, 0) is 19.3 Å². The second-order valence-electron chi connectivity index (χ2n) is 5.32. The molecule has 0 bridgehead atoms. The zero-order valence-electron chi connectivity index (χ0n) is 12.0. The number of carbonyl (C=O) groups is 2. The molecule has 0 aromatic carbocycles. The van der Waals surface area contributed by atoms with Crippen molar-refractivity contribution >= 4 is 11.8 Å². The molecule has 0 fully saturated rings. The van der Waals surface area contributed by atoms with Gasteiger partial charge in [-0.1, -0.05) is 20.8 Å². The topological polar surface area (TPSA) is 84.2 Å². The van der Waals surface area contributed by atoms with E-state index in [1.165, 1.54) is 0 Å². The first-order valence-electron chi connectivity index (χ1n) is 6.60. The molecule has 0 aromatic heterocycles. The van der Waals surface area contributed by atoms with Gasteiger partial charge < -0.3 is 16.4 Å². The van der Waals surface area contributed by atoms with Crippen molar-refractivity contribution in [3.63, 3.8) is 0 Å². The summed E-state index contributed by atoms with van der Waals surface area (Å²) in [5, 5.41) is 5.57. The van der Waals surface area contributed by atoms with E-state index in [0.29, 0.717) is 38.4 Å². The predicted molar refractivity (Wildman–Crippen MR) is 72.9 cm³/mol. The number of carbonyl (C=O) groups excluding carboxylic acids is 2. The van der Waals surface area contributed by atoms with Gasteiger partial charge in [0.05, 0.1) is 5.41 Å². The summed E-state index contributed by atoms with van der Waals surface area (Å²) in [6, 6.07) is 0. The van der Waals surface area contributed by atoms with Crippen LogP contribution in [0.2, 0.25) is 0 Å². The SMILES string of the molecule is CCC(C)(CN)C(=O)NCCC(=O)NCC(C)C. The number of nitrogens with two attached hydrogens (primary N) is 1. The van der Waals surface area contributed by atoms with Gasteiger partial charge in [0.25, 0.3) is 0 Å². The van der Waals surface area contributed by atoms with Crippen LogP contribution in [0, 0.1) is 11.3 Å². The molecule has 0 saturated heterocycles. The molecule has 0 heterocycles. The molecule has 18 heavy (non-hydrogen) atoms. The van der Waals surface area contributed by atoms with Crippen LogP contribution >= 0.6 is 0 Å². The van der Waals surface area contributed by atoms with Crippen LogP contribution in [0.3, 0.4) is 0 Å². The highest BCUT2D eigenvalue weighted by molar-refractivity contribution is 5.83. The lowest BCUT2D eigenvalue weighted by molar-refractivity contribution is -0.130. The van der Waals surface area contributed by atoms with Crippen LogP contribution in [-0.4, -0.2) is 31.4 Å². The fourth-order valence-corrected chi connectivity index (χ4v) is 1.31. The molecule has 5 heteroatoms. The van der Waals surface area contributed by atoms with E-state index in [-0.39, 0.29) is 11.8 Å². The van der Waals surface area contributed by atoms with E-state index >= 15 is 0 Å². The van der Waals surface area contributed by atoms with Gasteiger partial charge in [-0.2, -0.15) is 0 Å². The molecule has 0 spiro atoms. The van der Waals surface area contributed by atoms with Crippen molar-refractivity contribution in [1.29, 1.82) is 0 Å². The quantitative estimate of drug-likeness (QED) is 0.596. The van der Waals surface area contributed by atoms with Crippen LogP contribution in [0.25, 0.3) is 0 Å². The number of rotatable bonds is 8. The molecule has 0 saturated carbocycles. The van der Waals surface area contributed by atoms with Crippen molar-refractivity contribution in [2.24, 2.45) is 17.1 Å². The van der Waals surface area contributed by atoms with Gasteiger partial charge in [-0.25, -0.2) is 0 Å². The van der Waals surface area contributed by atoms with E-state index in [9.17, 15) is 9.59 Å². The Morgan fingerprint density at radius 2 is 1.89 bits per heavy atom. The Balaban J connectivity index is 3.91. The molecule has 0 rings (SSSR count). The molecule has 2 amide bonds. The van der Waals surface area contributed by atoms with Gasteiger partial charge in [0, 0.05) is 26.1 Å². The third-order valence-electron chi connectivity index (χ3n) is 3.12. The molecule has 1 unspecified atom stereocenters. The fraction of sp³-hybridized carbons (Fsp3) is 0.846. The lowest BCUT2D eigenvalue weighted by Crippen LogP contribution is -2.44. The minimum Gasteiger partial charge on any atom is -0.356 e. The number of nitrogens with one attached hydrogen (secondary N) is 2. The highest BCUT2D eigenvalue weighted by Crippen LogP contribution is 2.18. The molecule has 0 aromatic rings. The minimum atomic E-state index is -0.533. The number of hydrogen-bond acceptors (Lipinski definition) is 3. The van der Waals surface area contributed by atoms with Crippen LogP contribution < -0.4 is 16.4 Å². The summed E-state index contributed by atoms with van der Waals surface area (Å²) >= 11 is 0. The summed E-state index contributed by atoms with van der Waals surface area (Å²) in [4.78, 5) is 23.3. The first kappa shape index (κ1) is 16.9. The van der Waals surface area contributed by atoms with Gasteiger partial charge in [0.2, 0.25) is 11.8 Å². The summed E-state index contributed by atoms with van der Waals surface area (Å²) in [5.41, 5.74) is 5.06. The Labute approximate surface area is 110 Å². The van der Waals surface area contributed by atoms with Gasteiger partial charge in [-0.3, -0.25) is 9.59 Å². The highest BCUT2D eigenvalue weighted by Gasteiger charge is 2.29. The maximum Gasteiger partial charge on any atom is 0.227 e. The molecular formula is C13H27N3O2. The second kappa shape index (κ2) is 8.08. The van der Waals surface area contributed by atoms with E-state index in [1.54, 1.807) is 0 Å². The van der Waals surface area contributed by atoms with Gasteiger partial charge >= 0.3 is 0 Å². The molecular weight excluding hydrogens is 230 g/mol. The molecule has 5 nitrogen and oxygen atoms in total. The van der Waals surface area contributed by atoms with Crippen molar-refractivity contribution < 1.29 is 9.59 Å². The van der Waals surface area contributed by atoms with Crippen LogP contribution in [0.5, 0.6) is 0 Å². The molecule has 0 radical (unpaired) electrons. The summed E-state index contributed by atoms with van der Waals surface area (Å²) in [6.07, 6.45) is 0.998. The van der Waals surface area contributed by atoms with Crippen molar-refractivity contribution in [3.8, 4) is 0 Å². The minimum absolute atomic E-state index is 0.0325. The van der Waals surface area contributed by atoms with Crippen molar-refractivity contribution in [2.45, 2.75) is 40.5 Å². The van der Waals surface area contributed by atoms with Gasteiger partial charge in [-0.15, -0.1) is 0 Å². The number of hydrogen-bond donors (Lipinski definition) is 3. The molecule has 4 N–H and O–H groups in total. The Morgan fingerprint density at radius 3 is 2.33 bits per heavy atom. The third-order valence-corrected chi connectivity index (χ3v) is 3.12. The Hall–Kier alpha value is -1.10. The average Bonchev–Trinajstić information content (AvgIpc) is 2.35. The van der Waals surface area contributed by atoms with Crippen molar-refractivity contribution in [3.05, 3.63) is 0 Å². The van der Waals surface area contributed by atoms with Crippen LogP contribution in [0.1, 0.15) is 40.5 Å². The lowest BCUT2D eigenvalue weighted by atomic mass is 9.87. The van der Waals surface area contributed by atoms with Gasteiger partial charge in [0.15, 0.2) is 0 Å². The van der Waals surface area contributed by atoms with Crippen molar-refractivity contribution in [2.75, 3.05) is 19.6 Å². The third kappa shape index (κ3) is 6.00. The molecule has 0 aliphatic carbocycles. The second-order valence-corrected chi connectivity index (χ2v) is 5.32. The average molecular weight is 257 g/mol. The fourth-order valence-electron chi connectivity index (χ4n) is 1.31. The standard InChI is InChI=1S/C13H27N3O2/c1-5-13(4,9-14)12(18)15-7-6-11(17)16-8-10(2)3/h10H,5-9,14H2,1-4H3,(H,15,18)(H,16,17). The van der Waals surface area contributed by atoms with Crippen molar-refractivity contribution in [1.82, 2.24) is 10.6 Å². The maximum atomic E-state index is 11.9. The zero-order chi connectivity index (χ0) is 14.2. The van der Waals surface area contributed by atoms with E-state index < -0.39 is 5.41 Å². The first-order valence-corrected chi connectivity index (χ1v) is 6.60. The molecule has 1 atom stereocenters. The largest absolute Gasteiger partial charge is 0.356 e. The Bertz CT molecular complexity index is 273. The van der Waals surface area contributed by atoms with Gasteiger partial charge in [0.1, 0.15) is 0 Å². The number of amides is 2. The summed E-state index contributed by atoms with van der Waals surface area (Å²) in [7, 11) is 0. The lowest BCUT2D eigenvalue weighted by Gasteiger charge is -2.24. The molecule has 106 valence electrons. The van der Waals surface area contributed by atoms with Crippen LogP contribution in [0.4, 0.5) is 0 Å². The van der Waals surface area contributed by atoms with E-state index in [4.69, 9.17) is 5.73 Å². The maximum absolute atomic E-state index is 11.9. The summed E-state index contributed by atoms with van der Waals surface area (Å²) in [6.45, 7) is 9.18. The van der Waals surface area contributed by atoms with Crippen LogP contribution in [-0.2, 0) is 9.59 Å². The normalized spacial score (nSPS) is 14.1. The smallest absolute Gasteiger partial charge is 0.227 e. The zero-order valence-corrected chi connectivity index (χ0v) is 12.0. The summed E-state index contributed by atoms with van der Waals surface area (Å²) < 4.78 is 0. The van der Waals surface area contributed by atoms with Crippen LogP contribution in [0.15, 0.2) is 0 Å². The van der Waals surface area contributed by atoms with E-state index in [0.717, 1.165) is 0 Å². The monoisotopic (exact) mass is 257 g/mol. The summed E-state index contributed by atoms with van der Waals surface area (Å²) in [5.74, 6) is 0.322. The van der Waals surface area contributed by atoms with E-state index in [2.05, 4.69) is 10.6 Å². The Kier molecular flexibility index (Phi) is 7.59. The first-order chi connectivity index (χ1) is 8.35. The van der Waals surface area contributed by atoms with E-state index in [1.807, 2.05) is 27.7 Å². The molecule has 0 aliphatic heterocycles. The Morgan fingerprint density at radius 1 is 1.28 bits per heavy atom.